The van der Waals surface area contributed by atoms with Gasteiger partial charge in [0.15, 0.2) is 0 Å². The smallest absolute Gasteiger partial charge is 0.271 e. The molecule has 1 saturated heterocycles. The van der Waals surface area contributed by atoms with Gasteiger partial charge in [0.1, 0.15) is 11.5 Å². The number of hydrogen-bond acceptors (Lipinski definition) is 6. The molecule has 0 radical (unpaired) electrons. The lowest BCUT2D eigenvalue weighted by Gasteiger charge is -2.26. The van der Waals surface area contributed by atoms with Crippen LogP contribution < -0.4 is 10.6 Å². The van der Waals surface area contributed by atoms with E-state index in [-0.39, 0.29) is 5.91 Å². The van der Waals surface area contributed by atoms with Crippen LogP contribution in [0.25, 0.3) is 0 Å². The summed E-state index contributed by atoms with van der Waals surface area (Å²) in [6.07, 6.45) is 3.08. The molecular weight excluding hydrogens is 258 g/mol. The first-order chi connectivity index (χ1) is 9.79. The molecule has 2 N–H and O–H groups in total. The summed E-state index contributed by atoms with van der Waals surface area (Å²) in [7, 11) is 0. The lowest BCUT2D eigenvalue weighted by molar-refractivity contribution is 0.0383. The molecule has 1 amide bonds. The lowest BCUT2D eigenvalue weighted by atomic mass is 10.4. The van der Waals surface area contributed by atoms with Gasteiger partial charge < -0.3 is 15.4 Å². The number of carbonyl (C=O) groups excluding carboxylic acids is 1. The Morgan fingerprint density at radius 1 is 1.40 bits per heavy atom. The van der Waals surface area contributed by atoms with Crippen LogP contribution in [0.1, 0.15) is 17.4 Å². The van der Waals surface area contributed by atoms with Gasteiger partial charge in [0, 0.05) is 32.7 Å². The molecule has 1 aliphatic rings. The second-order valence-corrected chi connectivity index (χ2v) is 4.53. The van der Waals surface area contributed by atoms with Crippen LogP contribution in [0.4, 0.5) is 5.82 Å². The average molecular weight is 279 g/mol. The maximum absolute atomic E-state index is 12.0. The molecule has 7 heteroatoms. The molecule has 1 aromatic heterocycles. The highest BCUT2D eigenvalue weighted by Gasteiger charge is 2.12. The third-order valence-corrected chi connectivity index (χ3v) is 3.04. The van der Waals surface area contributed by atoms with E-state index in [1.807, 2.05) is 6.92 Å². The Kier molecular flexibility index (Phi) is 5.69. The number of morpholine rings is 1. The van der Waals surface area contributed by atoms with Gasteiger partial charge in [-0.15, -0.1) is 0 Å². The summed E-state index contributed by atoms with van der Waals surface area (Å²) in [6, 6.07) is 0. The van der Waals surface area contributed by atoms with E-state index in [4.69, 9.17) is 4.74 Å². The monoisotopic (exact) mass is 279 g/mol. The summed E-state index contributed by atoms with van der Waals surface area (Å²) in [6.45, 7) is 7.53. The van der Waals surface area contributed by atoms with Crippen LogP contribution in [-0.2, 0) is 4.74 Å². The van der Waals surface area contributed by atoms with Crippen molar-refractivity contribution < 1.29 is 9.53 Å². The number of hydrogen-bond donors (Lipinski definition) is 2. The minimum Gasteiger partial charge on any atom is -0.379 e. The number of amides is 1. The van der Waals surface area contributed by atoms with Crippen LogP contribution in [0, 0.1) is 0 Å². The first-order valence-corrected chi connectivity index (χ1v) is 6.94. The lowest BCUT2D eigenvalue weighted by Crippen LogP contribution is -2.41. The predicted molar refractivity (Wildman–Crippen MR) is 75.8 cm³/mol. The molecule has 2 heterocycles. The largest absolute Gasteiger partial charge is 0.379 e. The van der Waals surface area contributed by atoms with E-state index >= 15 is 0 Å². The van der Waals surface area contributed by atoms with Crippen LogP contribution in [0.2, 0.25) is 0 Å². The molecule has 1 aromatic rings. The van der Waals surface area contributed by atoms with E-state index in [1.165, 1.54) is 6.20 Å². The van der Waals surface area contributed by atoms with E-state index in [0.29, 0.717) is 18.1 Å². The quantitative estimate of drug-likeness (QED) is 0.761. The van der Waals surface area contributed by atoms with Gasteiger partial charge in [0.05, 0.1) is 25.6 Å². The van der Waals surface area contributed by atoms with Crippen molar-refractivity contribution in [1.29, 1.82) is 0 Å². The van der Waals surface area contributed by atoms with Crippen molar-refractivity contribution in [2.75, 3.05) is 51.3 Å². The minimum atomic E-state index is -0.189. The van der Waals surface area contributed by atoms with Crippen LogP contribution in [0.5, 0.6) is 0 Å². The molecule has 20 heavy (non-hydrogen) atoms. The summed E-state index contributed by atoms with van der Waals surface area (Å²) in [4.78, 5) is 22.4. The molecular formula is C13H21N5O2. The number of anilines is 1. The van der Waals surface area contributed by atoms with Crippen molar-refractivity contribution in [3.63, 3.8) is 0 Å². The summed E-state index contributed by atoms with van der Waals surface area (Å²) in [5, 5.41) is 5.90. The molecule has 1 aliphatic heterocycles. The molecule has 7 nitrogen and oxygen atoms in total. The summed E-state index contributed by atoms with van der Waals surface area (Å²) < 4.78 is 5.28. The molecule has 0 atom stereocenters. The Bertz CT molecular complexity index is 435. The Labute approximate surface area is 118 Å². The second kappa shape index (κ2) is 7.76. The highest BCUT2D eigenvalue weighted by atomic mass is 16.5. The van der Waals surface area contributed by atoms with Gasteiger partial charge in [-0.3, -0.25) is 14.7 Å². The molecule has 0 saturated carbocycles. The number of ether oxygens (including phenoxy) is 1. The van der Waals surface area contributed by atoms with Gasteiger partial charge in [-0.05, 0) is 6.92 Å². The third kappa shape index (κ3) is 4.43. The van der Waals surface area contributed by atoms with E-state index in [9.17, 15) is 4.79 Å². The maximum Gasteiger partial charge on any atom is 0.271 e. The Balaban J connectivity index is 1.77. The standard InChI is InChI=1S/C13H21N5O2/c1-2-15-12-10-14-9-11(17-12)13(19)16-3-4-18-5-7-20-8-6-18/h9-10H,2-8H2,1H3,(H,15,17)(H,16,19). The van der Waals surface area contributed by atoms with Crippen LogP contribution in [0.3, 0.4) is 0 Å². The first kappa shape index (κ1) is 14.7. The number of nitrogens with zero attached hydrogens (tertiary/aromatic N) is 3. The average Bonchev–Trinajstić information content (AvgIpc) is 2.49. The van der Waals surface area contributed by atoms with Crippen molar-refractivity contribution in [2.24, 2.45) is 0 Å². The topological polar surface area (TPSA) is 79.4 Å². The molecule has 110 valence electrons. The van der Waals surface area contributed by atoms with Gasteiger partial charge in [-0.2, -0.15) is 0 Å². The van der Waals surface area contributed by atoms with Crippen molar-refractivity contribution in [1.82, 2.24) is 20.2 Å². The van der Waals surface area contributed by atoms with E-state index in [1.54, 1.807) is 6.20 Å². The molecule has 2 rings (SSSR count). The van der Waals surface area contributed by atoms with Gasteiger partial charge in [0.25, 0.3) is 5.91 Å². The fourth-order valence-corrected chi connectivity index (χ4v) is 1.98. The van der Waals surface area contributed by atoms with Gasteiger partial charge in [-0.25, -0.2) is 4.98 Å². The Hall–Kier alpha value is -1.73. The number of rotatable bonds is 6. The fourth-order valence-electron chi connectivity index (χ4n) is 1.98. The van der Waals surface area contributed by atoms with Crippen LogP contribution in [-0.4, -0.2) is 66.7 Å². The SMILES string of the molecule is CCNc1cncc(C(=O)NCCN2CCOCC2)n1. The maximum atomic E-state index is 12.0. The molecule has 0 spiro atoms. The minimum absolute atomic E-state index is 0.189. The molecule has 0 aromatic carbocycles. The predicted octanol–water partition coefficient (Wildman–Crippen LogP) is -0.0296. The third-order valence-electron chi connectivity index (χ3n) is 3.04. The number of carbonyl (C=O) groups is 1. The summed E-state index contributed by atoms with van der Waals surface area (Å²) in [5.74, 6) is 0.429. The number of aromatic nitrogens is 2. The Morgan fingerprint density at radius 2 is 2.20 bits per heavy atom. The van der Waals surface area contributed by atoms with E-state index in [0.717, 1.165) is 39.4 Å². The molecule has 0 unspecified atom stereocenters. The van der Waals surface area contributed by atoms with Crippen LogP contribution in [0.15, 0.2) is 12.4 Å². The Morgan fingerprint density at radius 3 is 2.95 bits per heavy atom. The first-order valence-electron chi connectivity index (χ1n) is 6.94. The highest BCUT2D eigenvalue weighted by molar-refractivity contribution is 5.92. The van der Waals surface area contributed by atoms with Crippen LogP contribution >= 0.6 is 0 Å². The zero-order valence-corrected chi connectivity index (χ0v) is 11.8. The summed E-state index contributed by atoms with van der Waals surface area (Å²) in [5.41, 5.74) is 0.338. The highest BCUT2D eigenvalue weighted by Crippen LogP contribution is 2.01. The van der Waals surface area contributed by atoms with E-state index in [2.05, 4.69) is 25.5 Å². The van der Waals surface area contributed by atoms with Gasteiger partial charge in [0.2, 0.25) is 0 Å². The zero-order valence-electron chi connectivity index (χ0n) is 11.8. The van der Waals surface area contributed by atoms with Crippen molar-refractivity contribution >= 4 is 11.7 Å². The normalized spacial score (nSPS) is 15.8. The second-order valence-electron chi connectivity index (χ2n) is 4.53. The zero-order chi connectivity index (χ0) is 14.2. The van der Waals surface area contributed by atoms with Crippen molar-refractivity contribution in [2.45, 2.75) is 6.92 Å². The molecule has 0 aliphatic carbocycles. The number of nitrogens with one attached hydrogen (secondary N) is 2. The summed E-state index contributed by atoms with van der Waals surface area (Å²) >= 11 is 0. The van der Waals surface area contributed by atoms with E-state index < -0.39 is 0 Å². The van der Waals surface area contributed by atoms with Gasteiger partial charge >= 0.3 is 0 Å². The van der Waals surface area contributed by atoms with Crippen molar-refractivity contribution in [3.05, 3.63) is 18.1 Å². The fraction of sp³-hybridized carbons (Fsp3) is 0.615. The molecule has 1 fully saturated rings. The van der Waals surface area contributed by atoms with Crippen molar-refractivity contribution in [3.8, 4) is 0 Å². The van der Waals surface area contributed by atoms with Gasteiger partial charge in [-0.1, -0.05) is 0 Å². The molecule has 0 bridgehead atoms.